The third-order valence-corrected chi connectivity index (χ3v) is 13.8. The second-order valence-corrected chi connectivity index (χ2v) is 18.7. The summed E-state index contributed by atoms with van der Waals surface area (Å²) in [5.74, 6) is 0. The zero-order valence-corrected chi connectivity index (χ0v) is 15.8. The standard InChI is InChI=1S/C8H26O3Si4/c1-12-9-14(5,6)11-15(7,8)10-13(2,3)4/h12H2,1-8H3. The van der Waals surface area contributed by atoms with Gasteiger partial charge in [0.2, 0.25) is 0 Å². The molecule has 0 saturated heterocycles. The molecule has 3 nitrogen and oxygen atoms in total. The molecule has 0 spiro atoms. The van der Waals surface area contributed by atoms with Crippen LogP contribution in [0.3, 0.4) is 0 Å². The normalized spacial score (nSPS) is 15.2. The molecule has 0 unspecified atom stereocenters. The van der Waals surface area contributed by atoms with E-state index >= 15 is 0 Å². The molecule has 0 rings (SSSR count). The first-order valence-electron chi connectivity index (χ1n) is 5.52. The van der Waals surface area contributed by atoms with Gasteiger partial charge in [0, 0.05) is 0 Å². The lowest BCUT2D eigenvalue weighted by atomic mass is 11.8. The van der Waals surface area contributed by atoms with E-state index in [1.54, 1.807) is 0 Å². The van der Waals surface area contributed by atoms with Gasteiger partial charge < -0.3 is 12.3 Å². The Balaban J connectivity index is 4.36. The Morgan fingerprint density at radius 3 is 1.53 bits per heavy atom. The van der Waals surface area contributed by atoms with Crippen LogP contribution in [0.1, 0.15) is 0 Å². The Kier molecular flexibility index (Phi) is 5.65. The van der Waals surface area contributed by atoms with Gasteiger partial charge in [0.1, 0.15) is 9.76 Å². The molecule has 0 radical (unpaired) electrons. The smallest absolute Gasteiger partial charge is 0.312 e. The fraction of sp³-hybridized carbons (Fsp3) is 1.00. The van der Waals surface area contributed by atoms with Crippen LogP contribution in [-0.2, 0) is 12.3 Å². The molecule has 0 fully saturated rings. The fourth-order valence-electron chi connectivity index (χ4n) is 1.73. The van der Waals surface area contributed by atoms with E-state index in [4.69, 9.17) is 12.3 Å². The van der Waals surface area contributed by atoms with Crippen LogP contribution in [0.5, 0.6) is 0 Å². The highest BCUT2D eigenvalue weighted by Gasteiger charge is 2.38. The summed E-state index contributed by atoms with van der Waals surface area (Å²) in [7, 11) is -5.80. The summed E-state index contributed by atoms with van der Waals surface area (Å²) in [4.78, 5) is 0. The minimum atomic E-state index is -1.99. The minimum Gasteiger partial charge on any atom is -0.442 e. The minimum absolute atomic E-state index is 0.386. The van der Waals surface area contributed by atoms with Crippen LogP contribution in [0.25, 0.3) is 0 Å². The van der Waals surface area contributed by atoms with Crippen LogP contribution >= 0.6 is 0 Å². The third-order valence-electron chi connectivity index (χ3n) is 1.54. The maximum atomic E-state index is 6.14. The molecule has 0 amide bonds. The highest BCUT2D eigenvalue weighted by atomic mass is 28.5. The Morgan fingerprint density at radius 1 is 0.733 bits per heavy atom. The predicted molar refractivity (Wildman–Crippen MR) is 76.0 cm³/mol. The Morgan fingerprint density at radius 2 is 1.20 bits per heavy atom. The first-order valence-corrected chi connectivity index (χ1v) is 16.5. The lowest BCUT2D eigenvalue weighted by Gasteiger charge is -2.36. The highest BCUT2D eigenvalue weighted by molar-refractivity contribution is 6.86. The molecule has 0 heterocycles. The van der Waals surface area contributed by atoms with Gasteiger partial charge in [-0.25, -0.2) is 0 Å². The summed E-state index contributed by atoms with van der Waals surface area (Å²) in [6.45, 7) is 17.2. The molecule has 92 valence electrons. The van der Waals surface area contributed by atoms with Gasteiger partial charge in [0.15, 0.2) is 8.32 Å². The average Bonchev–Trinajstić information content (AvgIpc) is 1.74. The molecule has 15 heavy (non-hydrogen) atoms. The SMILES string of the molecule is C[SiH2]O[Si](C)(C)O[Si](C)(C)O[Si](C)(C)C. The van der Waals surface area contributed by atoms with Crippen molar-refractivity contribution in [3.8, 4) is 0 Å². The molecule has 0 aromatic carbocycles. The zero-order valence-electron chi connectivity index (χ0n) is 11.4. The summed E-state index contributed by atoms with van der Waals surface area (Å²) < 4.78 is 18.1. The van der Waals surface area contributed by atoms with E-state index in [0.717, 1.165) is 0 Å². The molecule has 0 aromatic rings. The lowest BCUT2D eigenvalue weighted by Crippen LogP contribution is -2.52. The number of hydrogen-bond acceptors (Lipinski definition) is 3. The van der Waals surface area contributed by atoms with Crippen LogP contribution < -0.4 is 0 Å². The summed E-state index contributed by atoms with van der Waals surface area (Å²) in [5, 5.41) is 0. The van der Waals surface area contributed by atoms with Crippen molar-refractivity contribution < 1.29 is 12.3 Å². The van der Waals surface area contributed by atoms with Crippen molar-refractivity contribution in [3.05, 3.63) is 0 Å². The van der Waals surface area contributed by atoms with Gasteiger partial charge in [-0.1, -0.05) is 6.55 Å². The van der Waals surface area contributed by atoms with E-state index in [1.807, 2.05) is 0 Å². The van der Waals surface area contributed by atoms with Gasteiger partial charge in [0.25, 0.3) is 0 Å². The van der Waals surface area contributed by atoms with Crippen molar-refractivity contribution in [3.63, 3.8) is 0 Å². The molecule has 0 aromatic heterocycles. The number of rotatable bonds is 6. The van der Waals surface area contributed by atoms with E-state index in [0.29, 0.717) is 0 Å². The van der Waals surface area contributed by atoms with Gasteiger partial charge >= 0.3 is 17.1 Å². The topological polar surface area (TPSA) is 27.7 Å². The molecule has 0 aliphatic heterocycles. The maximum absolute atomic E-state index is 6.14. The molecule has 0 atom stereocenters. The summed E-state index contributed by atoms with van der Waals surface area (Å²) in [5.41, 5.74) is 0. The van der Waals surface area contributed by atoms with Crippen molar-refractivity contribution in [1.82, 2.24) is 0 Å². The van der Waals surface area contributed by atoms with Gasteiger partial charge in [0.05, 0.1) is 0 Å². The second-order valence-electron chi connectivity index (χ2n) is 5.55. The molecule has 7 heteroatoms. The second kappa shape index (κ2) is 5.39. The van der Waals surface area contributed by atoms with Gasteiger partial charge in [-0.15, -0.1) is 0 Å². The molecule has 0 aliphatic carbocycles. The molecule has 0 saturated carbocycles. The molecule has 0 N–H and O–H groups in total. The van der Waals surface area contributed by atoms with Crippen LogP contribution in [0.15, 0.2) is 0 Å². The molecular weight excluding hydrogens is 256 g/mol. The summed E-state index contributed by atoms with van der Waals surface area (Å²) >= 11 is 0. The maximum Gasteiger partial charge on any atom is 0.312 e. The van der Waals surface area contributed by atoms with Crippen molar-refractivity contribution in [2.75, 3.05) is 0 Å². The zero-order chi connectivity index (χ0) is 12.3. The monoisotopic (exact) mass is 282 g/mol. The molecular formula is C8H26O3Si4. The Bertz CT molecular complexity index is 201. The number of hydrogen-bond donors (Lipinski definition) is 0. The van der Waals surface area contributed by atoms with Gasteiger partial charge in [-0.05, 0) is 45.8 Å². The van der Waals surface area contributed by atoms with E-state index in [9.17, 15) is 0 Å². The summed E-state index contributed by atoms with van der Waals surface area (Å²) in [6, 6.07) is 0. The van der Waals surface area contributed by atoms with Gasteiger partial charge in [-0.2, -0.15) is 0 Å². The highest BCUT2D eigenvalue weighted by Crippen LogP contribution is 2.20. The van der Waals surface area contributed by atoms with Crippen LogP contribution in [-0.4, -0.2) is 35.2 Å². The lowest BCUT2D eigenvalue weighted by molar-refractivity contribution is 0.339. The first-order chi connectivity index (χ1) is 6.47. The Hall–Kier alpha value is 0.748. The van der Waals surface area contributed by atoms with Gasteiger partial charge in [-0.3, -0.25) is 0 Å². The first kappa shape index (κ1) is 15.7. The van der Waals surface area contributed by atoms with Crippen molar-refractivity contribution >= 4 is 35.2 Å². The van der Waals surface area contributed by atoms with E-state index in [1.165, 1.54) is 0 Å². The van der Waals surface area contributed by atoms with Crippen LogP contribution in [0.4, 0.5) is 0 Å². The van der Waals surface area contributed by atoms with E-state index in [-0.39, 0.29) is 9.76 Å². The predicted octanol–water partition coefficient (Wildman–Crippen LogP) is 2.41. The van der Waals surface area contributed by atoms with Crippen molar-refractivity contribution in [2.45, 2.75) is 52.4 Å². The largest absolute Gasteiger partial charge is 0.442 e. The van der Waals surface area contributed by atoms with E-state index in [2.05, 4.69) is 52.4 Å². The van der Waals surface area contributed by atoms with Crippen molar-refractivity contribution in [1.29, 1.82) is 0 Å². The Labute approximate surface area is 100 Å². The van der Waals surface area contributed by atoms with Crippen molar-refractivity contribution in [2.24, 2.45) is 0 Å². The molecule has 0 bridgehead atoms. The third kappa shape index (κ3) is 8.54. The molecule has 0 aliphatic rings. The van der Waals surface area contributed by atoms with Crippen LogP contribution in [0.2, 0.25) is 52.4 Å². The fourth-order valence-corrected chi connectivity index (χ4v) is 16.5. The van der Waals surface area contributed by atoms with Crippen LogP contribution in [0, 0.1) is 0 Å². The summed E-state index contributed by atoms with van der Waals surface area (Å²) in [6.07, 6.45) is 0. The average molecular weight is 283 g/mol. The van der Waals surface area contributed by atoms with E-state index < -0.39 is 25.4 Å². The quantitative estimate of drug-likeness (QED) is 0.700.